The molecular weight excluding hydrogens is 259 g/mol. The predicted octanol–water partition coefficient (Wildman–Crippen LogP) is 3.67. The molecule has 0 aliphatic carbocycles. The predicted molar refractivity (Wildman–Crippen MR) is 85.0 cm³/mol. The van der Waals surface area contributed by atoms with Crippen molar-refractivity contribution in [2.75, 3.05) is 19.8 Å². The average Bonchev–Trinajstić information content (AvgIpc) is 2.49. The van der Waals surface area contributed by atoms with Gasteiger partial charge in [-0.25, -0.2) is 0 Å². The van der Waals surface area contributed by atoms with E-state index >= 15 is 0 Å². The van der Waals surface area contributed by atoms with Gasteiger partial charge in [0.2, 0.25) is 0 Å². The summed E-state index contributed by atoms with van der Waals surface area (Å²) in [6.07, 6.45) is 0. The third kappa shape index (κ3) is 15.5. The molecule has 0 aliphatic heterocycles. The maximum atomic E-state index is 8.48. The smallest absolute Gasteiger partial charge is 0.0752 e. The van der Waals surface area contributed by atoms with Gasteiger partial charge in [-0.1, -0.05) is 51.1 Å². The highest BCUT2D eigenvalue weighted by molar-refractivity contribution is 7.09. The second-order valence-corrected chi connectivity index (χ2v) is 4.08. The molecule has 19 heavy (non-hydrogen) atoms. The molecule has 0 fully saturated rings. The van der Waals surface area contributed by atoms with Crippen LogP contribution in [-0.2, 0) is 15.9 Å². The number of aliphatic hydroxyl groups excluding tert-OH is 1. The lowest BCUT2D eigenvalue weighted by atomic mass is 10.2. The molecule has 0 aromatic heterocycles. The molecule has 0 heterocycles. The van der Waals surface area contributed by atoms with Gasteiger partial charge in [0, 0.05) is 28.6 Å². The Bertz CT molecular complexity index is 255. The number of ether oxygens (including phenoxy) is 1. The van der Waals surface area contributed by atoms with Gasteiger partial charge in [0.15, 0.2) is 0 Å². The van der Waals surface area contributed by atoms with Crippen molar-refractivity contribution in [2.45, 2.75) is 34.3 Å². The second kappa shape index (κ2) is 17.5. The van der Waals surface area contributed by atoms with Crippen molar-refractivity contribution in [1.29, 1.82) is 0 Å². The van der Waals surface area contributed by atoms with Gasteiger partial charge in [-0.05, 0) is 12.5 Å². The highest BCUT2D eigenvalue weighted by atomic mass is 31.0. The summed E-state index contributed by atoms with van der Waals surface area (Å²) in [5, 5.41) is 8.48. The number of rotatable bonds is 6. The van der Waals surface area contributed by atoms with Gasteiger partial charge in [-0.3, -0.25) is 0 Å². The Labute approximate surface area is 120 Å². The fourth-order valence-electron chi connectivity index (χ4n) is 1.04. The van der Waals surface area contributed by atoms with Crippen LogP contribution in [0.25, 0.3) is 0 Å². The van der Waals surface area contributed by atoms with E-state index in [1.165, 1.54) is 5.56 Å². The molecule has 0 aliphatic rings. The Hall–Kier alpha value is -0.470. The van der Waals surface area contributed by atoms with Gasteiger partial charge in [-0.2, -0.15) is 0 Å². The standard InChI is InChI=1S/C7H9OP.C6H14O2.C2H6/c9-8-6-7-4-2-1-3-5-7;1-3-8-5-6(2)4-7;1-2/h1-5H,6,9H2;6-7H,3-5H2,1-2H3;1-2H3. The summed E-state index contributed by atoms with van der Waals surface area (Å²) in [7, 11) is 2.23. The molecule has 0 radical (unpaired) electrons. The van der Waals surface area contributed by atoms with E-state index in [-0.39, 0.29) is 12.5 Å². The van der Waals surface area contributed by atoms with Crippen molar-refractivity contribution >= 4 is 9.47 Å². The lowest BCUT2D eigenvalue weighted by Crippen LogP contribution is -2.09. The molecule has 0 spiro atoms. The van der Waals surface area contributed by atoms with Crippen molar-refractivity contribution in [3.05, 3.63) is 35.9 Å². The van der Waals surface area contributed by atoms with E-state index in [4.69, 9.17) is 14.4 Å². The Morgan fingerprint density at radius 2 is 1.79 bits per heavy atom. The maximum absolute atomic E-state index is 8.48. The molecule has 0 saturated carbocycles. The van der Waals surface area contributed by atoms with Crippen LogP contribution in [0.1, 0.15) is 33.3 Å². The molecule has 2 unspecified atom stereocenters. The highest BCUT2D eigenvalue weighted by Gasteiger charge is 1.96. The zero-order chi connectivity index (χ0) is 14.9. The normalized spacial score (nSPS) is 10.6. The third-order valence-electron chi connectivity index (χ3n) is 2.01. The van der Waals surface area contributed by atoms with Gasteiger partial charge >= 0.3 is 0 Å². The largest absolute Gasteiger partial charge is 0.396 e. The van der Waals surface area contributed by atoms with Crippen molar-refractivity contribution in [1.82, 2.24) is 0 Å². The van der Waals surface area contributed by atoms with Crippen LogP contribution in [0.5, 0.6) is 0 Å². The van der Waals surface area contributed by atoms with Gasteiger partial charge in [-0.15, -0.1) is 0 Å². The van der Waals surface area contributed by atoms with Gasteiger partial charge in [0.25, 0.3) is 0 Å². The number of hydrogen-bond donors (Lipinski definition) is 1. The first-order chi connectivity index (χ1) is 9.24. The molecule has 1 aromatic carbocycles. The van der Waals surface area contributed by atoms with Crippen LogP contribution in [0.4, 0.5) is 0 Å². The molecular formula is C15H29O3P. The zero-order valence-electron chi connectivity index (χ0n) is 12.6. The monoisotopic (exact) mass is 288 g/mol. The lowest BCUT2D eigenvalue weighted by Gasteiger charge is -2.05. The minimum absolute atomic E-state index is 0.222. The summed E-state index contributed by atoms with van der Waals surface area (Å²) < 4.78 is 9.87. The van der Waals surface area contributed by atoms with Gasteiger partial charge < -0.3 is 14.4 Å². The highest BCUT2D eigenvalue weighted by Crippen LogP contribution is 2.01. The Morgan fingerprint density at radius 3 is 2.21 bits per heavy atom. The van der Waals surface area contributed by atoms with Gasteiger partial charge in [0.1, 0.15) is 0 Å². The first-order valence-corrected chi connectivity index (χ1v) is 7.25. The Balaban J connectivity index is 0. The fourth-order valence-corrected chi connectivity index (χ4v) is 1.23. The summed E-state index contributed by atoms with van der Waals surface area (Å²) in [6, 6.07) is 10.1. The molecule has 1 aromatic rings. The van der Waals surface area contributed by atoms with E-state index in [2.05, 4.69) is 9.47 Å². The number of hydrogen-bond acceptors (Lipinski definition) is 3. The lowest BCUT2D eigenvalue weighted by molar-refractivity contribution is 0.0885. The number of benzene rings is 1. The minimum Gasteiger partial charge on any atom is -0.396 e. The maximum Gasteiger partial charge on any atom is 0.0752 e. The summed E-state index contributed by atoms with van der Waals surface area (Å²) in [4.78, 5) is 0. The first-order valence-electron chi connectivity index (χ1n) is 6.78. The first kappa shape index (κ1) is 20.8. The molecule has 2 atom stereocenters. The Kier molecular flexibility index (Phi) is 19.2. The van der Waals surface area contributed by atoms with Crippen molar-refractivity contribution in [3.8, 4) is 0 Å². The van der Waals surface area contributed by atoms with E-state index in [1.54, 1.807) is 0 Å². The third-order valence-corrected chi connectivity index (χ3v) is 2.18. The average molecular weight is 288 g/mol. The molecule has 0 amide bonds. The van der Waals surface area contributed by atoms with Crippen molar-refractivity contribution in [2.24, 2.45) is 5.92 Å². The second-order valence-electron chi connectivity index (χ2n) is 3.74. The van der Waals surface area contributed by atoms with E-state index < -0.39 is 0 Å². The molecule has 1 N–H and O–H groups in total. The van der Waals surface area contributed by atoms with Crippen LogP contribution in [0.15, 0.2) is 30.3 Å². The molecule has 1 rings (SSSR count). The fraction of sp³-hybridized carbons (Fsp3) is 0.600. The summed E-state index contributed by atoms with van der Waals surface area (Å²) >= 11 is 0. The van der Waals surface area contributed by atoms with Crippen molar-refractivity contribution < 1.29 is 14.4 Å². The van der Waals surface area contributed by atoms with Crippen LogP contribution in [-0.4, -0.2) is 24.9 Å². The van der Waals surface area contributed by atoms with Crippen LogP contribution < -0.4 is 0 Å². The summed E-state index contributed by atoms with van der Waals surface area (Å²) in [5.41, 5.74) is 1.20. The quantitative estimate of drug-likeness (QED) is 0.812. The topological polar surface area (TPSA) is 38.7 Å². The Morgan fingerprint density at radius 1 is 1.21 bits per heavy atom. The van der Waals surface area contributed by atoms with Crippen LogP contribution in [0, 0.1) is 5.92 Å². The zero-order valence-corrected chi connectivity index (χ0v) is 13.8. The van der Waals surface area contributed by atoms with E-state index in [9.17, 15) is 0 Å². The molecule has 0 bridgehead atoms. The summed E-state index contributed by atoms with van der Waals surface area (Å²) in [5.74, 6) is 0.287. The molecule has 0 saturated heterocycles. The minimum atomic E-state index is 0.222. The molecule has 3 nitrogen and oxygen atoms in total. The number of aliphatic hydroxyl groups is 1. The molecule has 112 valence electrons. The van der Waals surface area contributed by atoms with Gasteiger partial charge in [0.05, 0.1) is 13.2 Å². The van der Waals surface area contributed by atoms with Crippen LogP contribution in [0.3, 0.4) is 0 Å². The van der Waals surface area contributed by atoms with Crippen LogP contribution in [0.2, 0.25) is 0 Å². The van der Waals surface area contributed by atoms with E-state index in [1.807, 2.05) is 58.0 Å². The SMILES string of the molecule is CC.CCOCC(C)CO.POCc1ccccc1. The molecule has 4 heteroatoms. The van der Waals surface area contributed by atoms with E-state index in [0.29, 0.717) is 13.2 Å². The van der Waals surface area contributed by atoms with Crippen molar-refractivity contribution in [3.63, 3.8) is 0 Å². The van der Waals surface area contributed by atoms with E-state index in [0.717, 1.165) is 6.61 Å². The summed E-state index contributed by atoms with van der Waals surface area (Å²) in [6.45, 7) is 10.2. The van der Waals surface area contributed by atoms with Crippen LogP contribution >= 0.6 is 9.47 Å².